The molecule has 0 aliphatic carbocycles. The van der Waals surface area contributed by atoms with Gasteiger partial charge >= 0.3 is 0 Å². The van der Waals surface area contributed by atoms with Crippen LogP contribution in [0.1, 0.15) is 18.5 Å². The lowest BCUT2D eigenvalue weighted by atomic mass is 10.1. The topological polar surface area (TPSA) is 26.0 Å². The maximum atomic E-state index is 5.89. The largest absolute Gasteiger partial charge is 0.324 e. The van der Waals surface area contributed by atoms with Crippen LogP contribution in [0, 0.1) is 0 Å². The molecule has 15 heavy (non-hydrogen) atoms. The molecule has 0 radical (unpaired) electrons. The Morgan fingerprint density at radius 1 is 1.13 bits per heavy atom. The third kappa shape index (κ3) is 2.40. The quantitative estimate of drug-likeness (QED) is 0.837. The maximum Gasteiger partial charge on any atom is 0.0934 e. The average Bonchev–Trinajstić information content (AvgIpc) is 2.65. The lowest BCUT2D eigenvalue weighted by molar-refractivity contribution is 0.818. The molecule has 0 fully saturated rings. The Morgan fingerprint density at radius 2 is 1.80 bits per heavy atom. The number of benzene rings is 1. The summed E-state index contributed by atoms with van der Waals surface area (Å²) in [6, 6.07) is 12.3. The molecule has 78 valence electrons. The van der Waals surface area contributed by atoms with Crippen molar-refractivity contribution in [2.75, 3.05) is 0 Å². The summed E-state index contributed by atoms with van der Waals surface area (Å²) >= 11 is 7.48. The minimum atomic E-state index is 0.0889. The fourth-order valence-electron chi connectivity index (χ4n) is 1.42. The third-order valence-electron chi connectivity index (χ3n) is 2.29. The first-order valence-electron chi connectivity index (χ1n) is 4.78. The zero-order valence-corrected chi connectivity index (χ0v) is 9.98. The van der Waals surface area contributed by atoms with Crippen molar-refractivity contribution in [3.63, 3.8) is 0 Å². The molecule has 2 rings (SSSR count). The standard InChI is InChI=1S/C12H12ClNS/c1-8(14)9-2-4-10(5-3-9)11-6-7-12(13)15-11/h2-8H,14H2,1H3. The number of hydrogen-bond donors (Lipinski definition) is 1. The molecular formula is C12H12ClNS. The van der Waals surface area contributed by atoms with Gasteiger partial charge in [-0.15, -0.1) is 11.3 Å². The van der Waals surface area contributed by atoms with E-state index >= 15 is 0 Å². The van der Waals surface area contributed by atoms with E-state index < -0.39 is 0 Å². The summed E-state index contributed by atoms with van der Waals surface area (Å²) in [6.07, 6.45) is 0. The molecule has 2 aromatic rings. The molecule has 2 N–H and O–H groups in total. The van der Waals surface area contributed by atoms with Crippen molar-refractivity contribution < 1.29 is 0 Å². The predicted molar refractivity (Wildman–Crippen MR) is 67.4 cm³/mol. The van der Waals surface area contributed by atoms with Crippen molar-refractivity contribution in [1.82, 2.24) is 0 Å². The molecule has 0 bridgehead atoms. The number of thiophene rings is 1. The van der Waals surface area contributed by atoms with Gasteiger partial charge in [-0.2, -0.15) is 0 Å². The van der Waals surface area contributed by atoms with Crippen LogP contribution in [0.4, 0.5) is 0 Å². The highest BCUT2D eigenvalue weighted by Gasteiger charge is 2.03. The van der Waals surface area contributed by atoms with Gasteiger partial charge in [0.1, 0.15) is 0 Å². The van der Waals surface area contributed by atoms with Crippen LogP contribution < -0.4 is 5.73 Å². The molecule has 1 unspecified atom stereocenters. The van der Waals surface area contributed by atoms with Gasteiger partial charge in [-0.25, -0.2) is 0 Å². The van der Waals surface area contributed by atoms with Gasteiger partial charge in [0.05, 0.1) is 4.34 Å². The van der Waals surface area contributed by atoms with Crippen molar-refractivity contribution in [2.45, 2.75) is 13.0 Å². The molecule has 3 heteroatoms. The monoisotopic (exact) mass is 237 g/mol. The van der Waals surface area contributed by atoms with Crippen LogP contribution >= 0.6 is 22.9 Å². The second-order valence-electron chi connectivity index (χ2n) is 3.51. The van der Waals surface area contributed by atoms with Gasteiger partial charge in [-0.05, 0) is 30.2 Å². The van der Waals surface area contributed by atoms with Gasteiger partial charge in [0.15, 0.2) is 0 Å². The van der Waals surface area contributed by atoms with Gasteiger partial charge in [0.2, 0.25) is 0 Å². The Bertz CT molecular complexity index is 445. The van der Waals surface area contributed by atoms with Gasteiger partial charge in [-0.3, -0.25) is 0 Å². The highest BCUT2D eigenvalue weighted by molar-refractivity contribution is 7.19. The van der Waals surface area contributed by atoms with Crippen LogP contribution in [0.15, 0.2) is 36.4 Å². The molecule has 0 aliphatic heterocycles. The summed E-state index contributed by atoms with van der Waals surface area (Å²) in [5.41, 5.74) is 8.13. The predicted octanol–water partition coefficient (Wildman–Crippen LogP) is 4.09. The van der Waals surface area contributed by atoms with Crippen molar-refractivity contribution >= 4 is 22.9 Å². The van der Waals surface area contributed by atoms with E-state index in [0.29, 0.717) is 0 Å². The Labute approximate surface area is 98.5 Å². The highest BCUT2D eigenvalue weighted by Crippen LogP contribution is 2.31. The zero-order valence-electron chi connectivity index (χ0n) is 8.41. The Hall–Kier alpha value is -0.830. The number of rotatable bonds is 2. The second-order valence-corrected chi connectivity index (χ2v) is 5.23. The number of nitrogens with two attached hydrogens (primary N) is 1. The summed E-state index contributed by atoms with van der Waals surface area (Å²) in [5, 5.41) is 0. The van der Waals surface area contributed by atoms with Crippen molar-refractivity contribution in [1.29, 1.82) is 0 Å². The molecule has 1 atom stereocenters. The van der Waals surface area contributed by atoms with E-state index in [1.54, 1.807) is 11.3 Å². The minimum Gasteiger partial charge on any atom is -0.324 e. The van der Waals surface area contributed by atoms with E-state index in [4.69, 9.17) is 17.3 Å². The molecule has 0 saturated heterocycles. The lowest BCUT2D eigenvalue weighted by Crippen LogP contribution is -2.04. The van der Waals surface area contributed by atoms with Gasteiger partial charge in [0.25, 0.3) is 0 Å². The van der Waals surface area contributed by atoms with E-state index in [2.05, 4.69) is 24.3 Å². The molecular weight excluding hydrogens is 226 g/mol. The summed E-state index contributed by atoms with van der Waals surface area (Å²) in [4.78, 5) is 1.19. The average molecular weight is 238 g/mol. The molecule has 0 amide bonds. The third-order valence-corrected chi connectivity index (χ3v) is 3.57. The zero-order chi connectivity index (χ0) is 10.8. The smallest absolute Gasteiger partial charge is 0.0934 e. The minimum absolute atomic E-state index is 0.0889. The number of hydrogen-bond acceptors (Lipinski definition) is 2. The van der Waals surface area contributed by atoms with Crippen molar-refractivity contribution in [3.8, 4) is 10.4 Å². The highest BCUT2D eigenvalue weighted by atomic mass is 35.5. The number of halogens is 1. The van der Waals surface area contributed by atoms with Crippen LogP contribution in [-0.2, 0) is 0 Å². The van der Waals surface area contributed by atoms with Crippen LogP contribution in [-0.4, -0.2) is 0 Å². The van der Waals surface area contributed by atoms with Crippen molar-refractivity contribution in [2.24, 2.45) is 5.73 Å². The summed E-state index contributed by atoms with van der Waals surface area (Å²) in [5.74, 6) is 0. The first-order valence-corrected chi connectivity index (χ1v) is 5.97. The van der Waals surface area contributed by atoms with Crippen molar-refractivity contribution in [3.05, 3.63) is 46.3 Å². The van der Waals surface area contributed by atoms with Crippen LogP contribution in [0.2, 0.25) is 4.34 Å². The van der Waals surface area contributed by atoms with Crippen LogP contribution in [0.3, 0.4) is 0 Å². The van der Waals surface area contributed by atoms with Gasteiger partial charge in [-0.1, -0.05) is 35.9 Å². The first kappa shape index (κ1) is 10.7. The van der Waals surface area contributed by atoms with E-state index in [0.717, 1.165) is 9.90 Å². The van der Waals surface area contributed by atoms with Crippen LogP contribution in [0.25, 0.3) is 10.4 Å². The fraction of sp³-hybridized carbons (Fsp3) is 0.167. The first-order chi connectivity index (χ1) is 7.16. The normalized spacial score (nSPS) is 12.7. The second kappa shape index (κ2) is 4.35. The molecule has 1 aromatic carbocycles. The molecule has 1 nitrogen and oxygen atoms in total. The van der Waals surface area contributed by atoms with Crippen LogP contribution in [0.5, 0.6) is 0 Å². The SMILES string of the molecule is CC(N)c1ccc(-c2ccc(Cl)s2)cc1. The van der Waals surface area contributed by atoms with E-state index in [1.165, 1.54) is 10.4 Å². The Balaban J connectivity index is 2.31. The van der Waals surface area contributed by atoms with E-state index in [9.17, 15) is 0 Å². The lowest BCUT2D eigenvalue weighted by Gasteiger charge is -2.05. The van der Waals surface area contributed by atoms with E-state index in [-0.39, 0.29) is 6.04 Å². The van der Waals surface area contributed by atoms with E-state index in [1.807, 2.05) is 19.1 Å². The summed E-state index contributed by atoms with van der Waals surface area (Å²) in [6.45, 7) is 1.98. The Morgan fingerprint density at radius 3 is 2.27 bits per heavy atom. The fourth-order valence-corrected chi connectivity index (χ4v) is 2.47. The molecule has 0 spiro atoms. The Kier molecular flexibility index (Phi) is 3.10. The molecule has 1 aromatic heterocycles. The summed E-state index contributed by atoms with van der Waals surface area (Å²) in [7, 11) is 0. The molecule has 0 aliphatic rings. The summed E-state index contributed by atoms with van der Waals surface area (Å²) < 4.78 is 0.821. The van der Waals surface area contributed by atoms with Gasteiger partial charge < -0.3 is 5.73 Å². The molecule has 1 heterocycles. The molecule has 0 saturated carbocycles. The van der Waals surface area contributed by atoms with Gasteiger partial charge in [0, 0.05) is 10.9 Å². The maximum absolute atomic E-state index is 5.89.